The lowest BCUT2D eigenvalue weighted by Gasteiger charge is -2.69. The summed E-state index contributed by atoms with van der Waals surface area (Å²) in [6, 6.07) is 12.6. The van der Waals surface area contributed by atoms with E-state index in [4.69, 9.17) is 0 Å². The van der Waals surface area contributed by atoms with E-state index >= 15 is 0 Å². The van der Waals surface area contributed by atoms with Crippen LogP contribution in [0.25, 0.3) is 0 Å². The standard InChI is InChI=1S/C31H45NP/c1-3-7-29(8-4-1)33(32-9-5-2-6-10-32,30-17-23-11-24(18-30)13-25(12-23)19-30)31-20-26-14-27(21-31)16-28(15-26)22-31/h1,3-4,7-8,23-28H,2,5-6,9-22H2/q+1. The molecule has 0 unspecified atom stereocenters. The third kappa shape index (κ3) is 2.79. The summed E-state index contributed by atoms with van der Waals surface area (Å²) in [6.07, 6.45) is 23.6. The third-order valence-corrected chi connectivity index (χ3v) is 18.4. The second kappa shape index (κ2) is 7.32. The van der Waals surface area contributed by atoms with Crippen molar-refractivity contribution < 1.29 is 0 Å². The Morgan fingerprint density at radius 1 is 0.545 bits per heavy atom. The van der Waals surface area contributed by atoms with Gasteiger partial charge in [0.1, 0.15) is 23.0 Å². The fourth-order valence-electron chi connectivity index (χ4n) is 12.6. The molecule has 33 heavy (non-hydrogen) atoms. The highest BCUT2D eigenvalue weighted by Crippen LogP contribution is 2.89. The first-order valence-corrected chi connectivity index (χ1v) is 16.6. The van der Waals surface area contributed by atoms with Gasteiger partial charge in [0.15, 0.2) is 0 Å². The summed E-state index contributed by atoms with van der Waals surface area (Å²) < 4.78 is 3.33. The van der Waals surface area contributed by atoms with Crippen molar-refractivity contribution in [3.8, 4) is 0 Å². The maximum Gasteiger partial charge on any atom is 0.128 e. The van der Waals surface area contributed by atoms with Crippen LogP contribution in [0.5, 0.6) is 0 Å². The number of benzene rings is 1. The monoisotopic (exact) mass is 462 g/mol. The van der Waals surface area contributed by atoms with Gasteiger partial charge in [-0.3, -0.25) is 0 Å². The van der Waals surface area contributed by atoms with E-state index in [-0.39, 0.29) is 0 Å². The highest BCUT2D eigenvalue weighted by Gasteiger charge is 2.78. The Bertz CT molecular complexity index is 784. The summed E-state index contributed by atoms with van der Waals surface area (Å²) in [6.45, 7) is 2.85. The molecule has 9 aliphatic rings. The topological polar surface area (TPSA) is 3.24 Å². The highest BCUT2D eigenvalue weighted by atomic mass is 31.2. The number of nitrogens with zero attached hydrogens (tertiary/aromatic N) is 1. The average molecular weight is 463 g/mol. The minimum Gasteiger partial charge on any atom is -0.174 e. The van der Waals surface area contributed by atoms with Crippen molar-refractivity contribution in [1.29, 1.82) is 0 Å². The zero-order valence-corrected chi connectivity index (χ0v) is 21.7. The number of piperidine rings is 1. The summed E-state index contributed by atoms with van der Waals surface area (Å²) in [5, 5.41) is 3.20. The summed E-state index contributed by atoms with van der Waals surface area (Å²) in [4.78, 5) is 0. The fraction of sp³-hybridized carbons (Fsp3) is 0.806. The van der Waals surface area contributed by atoms with E-state index < -0.39 is 7.41 Å². The average Bonchev–Trinajstić information content (AvgIpc) is 2.79. The fourth-order valence-corrected chi connectivity index (χ4v) is 20.8. The first-order chi connectivity index (χ1) is 16.2. The van der Waals surface area contributed by atoms with Crippen LogP contribution in [0.15, 0.2) is 30.3 Å². The molecule has 0 N–H and O–H groups in total. The lowest BCUT2D eigenvalue weighted by atomic mass is 9.55. The molecule has 0 amide bonds. The predicted molar refractivity (Wildman–Crippen MR) is 140 cm³/mol. The molecule has 1 saturated heterocycles. The molecule has 8 saturated carbocycles. The van der Waals surface area contributed by atoms with Gasteiger partial charge in [0.2, 0.25) is 0 Å². The Labute approximate surface area is 202 Å². The van der Waals surface area contributed by atoms with E-state index in [0.29, 0.717) is 10.3 Å². The van der Waals surface area contributed by atoms with Crippen molar-refractivity contribution in [3.63, 3.8) is 0 Å². The third-order valence-electron chi connectivity index (χ3n) is 12.3. The minimum absolute atomic E-state index is 0.659. The van der Waals surface area contributed by atoms with Crippen molar-refractivity contribution in [2.75, 3.05) is 13.1 Å². The molecule has 1 heterocycles. The Balaban J connectivity index is 1.39. The van der Waals surface area contributed by atoms with E-state index in [1.165, 1.54) is 32.4 Å². The summed E-state index contributed by atoms with van der Waals surface area (Å²) in [5.41, 5.74) is 0. The highest BCUT2D eigenvalue weighted by molar-refractivity contribution is 7.83. The van der Waals surface area contributed by atoms with Crippen LogP contribution in [0.3, 0.4) is 0 Å². The minimum atomic E-state index is -1.49. The van der Waals surface area contributed by atoms with E-state index in [2.05, 4.69) is 35.0 Å². The van der Waals surface area contributed by atoms with Gasteiger partial charge >= 0.3 is 0 Å². The van der Waals surface area contributed by atoms with Gasteiger partial charge in [0.05, 0.1) is 0 Å². The van der Waals surface area contributed by atoms with Gasteiger partial charge in [-0.2, -0.15) is 4.67 Å². The molecular formula is C31H45NP+. The largest absolute Gasteiger partial charge is 0.174 e. The van der Waals surface area contributed by atoms with E-state index in [0.717, 1.165) is 35.5 Å². The molecule has 8 aliphatic carbocycles. The Hall–Kier alpha value is -0.390. The van der Waals surface area contributed by atoms with Gasteiger partial charge in [-0.15, -0.1) is 0 Å². The molecule has 1 nitrogen and oxygen atoms in total. The van der Waals surface area contributed by atoms with Gasteiger partial charge in [0.25, 0.3) is 0 Å². The molecule has 1 aliphatic heterocycles. The zero-order chi connectivity index (χ0) is 21.7. The molecule has 1 aromatic carbocycles. The number of hydrogen-bond donors (Lipinski definition) is 0. The van der Waals surface area contributed by atoms with E-state index in [1.54, 1.807) is 77.0 Å². The van der Waals surface area contributed by atoms with Crippen LogP contribution in [0, 0.1) is 35.5 Å². The molecule has 0 spiro atoms. The van der Waals surface area contributed by atoms with Crippen LogP contribution in [-0.2, 0) is 0 Å². The molecule has 1 aromatic rings. The molecule has 9 fully saturated rings. The van der Waals surface area contributed by atoms with Crippen LogP contribution in [0.1, 0.15) is 96.3 Å². The van der Waals surface area contributed by atoms with Crippen molar-refractivity contribution >= 4 is 12.7 Å². The lowest BCUT2D eigenvalue weighted by Crippen LogP contribution is -2.65. The molecule has 0 atom stereocenters. The second-order valence-corrected chi connectivity index (χ2v) is 18.5. The van der Waals surface area contributed by atoms with Crippen LogP contribution >= 0.6 is 7.41 Å². The normalized spacial score (nSPS) is 49.9. The van der Waals surface area contributed by atoms with Crippen molar-refractivity contribution in [2.24, 2.45) is 35.5 Å². The van der Waals surface area contributed by atoms with Gasteiger partial charge < -0.3 is 0 Å². The van der Waals surface area contributed by atoms with Crippen LogP contribution in [0.2, 0.25) is 0 Å². The first-order valence-electron chi connectivity index (χ1n) is 14.9. The van der Waals surface area contributed by atoms with E-state index in [1.807, 2.05) is 5.30 Å². The van der Waals surface area contributed by atoms with Crippen molar-refractivity contribution in [1.82, 2.24) is 4.67 Å². The number of hydrogen-bond acceptors (Lipinski definition) is 1. The van der Waals surface area contributed by atoms with Crippen LogP contribution in [-0.4, -0.2) is 28.1 Å². The second-order valence-electron chi connectivity index (χ2n) is 14.3. The maximum absolute atomic E-state index is 3.33. The van der Waals surface area contributed by atoms with Crippen LogP contribution < -0.4 is 5.30 Å². The van der Waals surface area contributed by atoms with Crippen molar-refractivity contribution in [2.45, 2.75) is 107 Å². The molecular weight excluding hydrogens is 417 g/mol. The molecule has 8 bridgehead atoms. The van der Waals surface area contributed by atoms with Gasteiger partial charge in [0, 0.05) is 13.1 Å². The first kappa shape index (κ1) is 20.8. The lowest BCUT2D eigenvalue weighted by molar-refractivity contribution is 0.0116. The molecule has 0 radical (unpaired) electrons. The molecule has 10 rings (SSSR count). The zero-order valence-electron chi connectivity index (χ0n) is 20.8. The molecule has 2 heteroatoms. The smallest absolute Gasteiger partial charge is 0.128 e. The summed E-state index contributed by atoms with van der Waals surface area (Å²) in [7, 11) is -1.49. The Morgan fingerprint density at radius 2 is 0.939 bits per heavy atom. The maximum atomic E-state index is 3.33. The van der Waals surface area contributed by atoms with E-state index in [9.17, 15) is 0 Å². The number of rotatable bonds is 4. The SMILES string of the molecule is c1ccc([P+](N2CCCCC2)(C23CC4CC(CC(C4)C2)C3)C23CC4CC(CC(C4)C2)C3)cc1. The quantitative estimate of drug-likeness (QED) is 0.415. The Morgan fingerprint density at radius 3 is 1.33 bits per heavy atom. The molecule has 0 aromatic heterocycles. The van der Waals surface area contributed by atoms with Gasteiger partial charge in [-0.25, -0.2) is 0 Å². The van der Waals surface area contributed by atoms with Crippen LogP contribution in [0.4, 0.5) is 0 Å². The molecule has 178 valence electrons. The van der Waals surface area contributed by atoms with Gasteiger partial charge in [-0.1, -0.05) is 24.6 Å². The summed E-state index contributed by atoms with van der Waals surface area (Å²) in [5.74, 6) is 6.41. The Kier molecular flexibility index (Phi) is 4.61. The van der Waals surface area contributed by atoms with Gasteiger partial charge in [-0.05, 0) is 138 Å². The van der Waals surface area contributed by atoms with Crippen molar-refractivity contribution in [3.05, 3.63) is 30.3 Å². The predicted octanol–water partition coefficient (Wildman–Crippen LogP) is 7.67. The summed E-state index contributed by atoms with van der Waals surface area (Å²) >= 11 is 0.